The van der Waals surface area contributed by atoms with Gasteiger partial charge >= 0.3 is 0 Å². The molecule has 4 nitrogen and oxygen atoms in total. The van der Waals surface area contributed by atoms with Crippen LogP contribution in [0.4, 0.5) is 0 Å². The number of benzene rings is 1. The van der Waals surface area contributed by atoms with E-state index in [2.05, 4.69) is 65.6 Å². The third-order valence-electron chi connectivity index (χ3n) is 6.57. The molecule has 3 aliphatic rings. The van der Waals surface area contributed by atoms with Crippen LogP contribution in [0.15, 0.2) is 90.8 Å². The minimum Gasteiger partial charge on any atom is -0.296 e. The molecule has 34 heavy (non-hydrogen) atoms. The number of hydrogen-bond donors (Lipinski definition) is 0. The second kappa shape index (κ2) is 11.8. The molecule has 0 atom stereocenters. The molecule has 0 saturated carbocycles. The Labute approximate surface area is 204 Å². The fraction of sp³-hybridized carbons (Fsp3) is 0.333. The molecule has 0 unspecified atom stereocenters. The standard InChI is InChI=1S/C30H35N3O/c1-3-5-6-7-12-15-26(4-2)27-16-17-29-28(22-27)24-33(30(29)34)32-20-18-31(19-21-32)23-25-13-10-8-9-11-14-25/h4,7-8,10-17,22H,2-3,5-6,18-21,23-24H2,1H3/b12-7-,26-15+. The van der Waals surface area contributed by atoms with Crippen molar-refractivity contribution in [2.45, 2.75) is 32.7 Å². The lowest BCUT2D eigenvalue weighted by molar-refractivity contribution is -0.0356. The smallest absolute Gasteiger partial charge is 0.268 e. The van der Waals surface area contributed by atoms with Gasteiger partial charge in [0.05, 0.1) is 6.54 Å². The molecule has 0 bridgehead atoms. The van der Waals surface area contributed by atoms with Crippen LogP contribution in [0.2, 0.25) is 0 Å². The zero-order valence-corrected chi connectivity index (χ0v) is 20.2. The predicted octanol–water partition coefficient (Wildman–Crippen LogP) is 5.70. The number of carbonyl (C=O) groups is 1. The van der Waals surface area contributed by atoms with E-state index < -0.39 is 0 Å². The van der Waals surface area contributed by atoms with E-state index in [4.69, 9.17) is 0 Å². The van der Waals surface area contributed by atoms with Gasteiger partial charge in [-0.2, -0.15) is 0 Å². The van der Waals surface area contributed by atoms with Crippen LogP contribution in [0.25, 0.3) is 5.57 Å². The molecule has 0 radical (unpaired) electrons. The molecule has 1 aromatic carbocycles. The molecular formula is C30H35N3O. The molecular weight excluding hydrogens is 418 g/mol. The first-order valence-corrected chi connectivity index (χ1v) is 12.4. The average molecular weight is 454 g/mol. The van der Waals surface area contributed by atoms with Crippen LogP contribution in [-0.4, -0.2) is 53.5 Å². The van der Waals surface area contributed by atoms with Crippen molar-refractivity contribution >= 4 is 11.5 Å². The maximum Gasteiger partial charge on any atom is 0.268 e. The third kappa shape index (κ3) is 5.84. The summed E-state index contributed by atoms with van der Waals surface area (Å²) in [5.41, 5.74) is 8.51. The summed E-state index contributed by atoms with van der Waals surface area (Å²) in [6.07, 6.45) is 22.1. The van der Waals surface area contributed by atoms with E-state index in [1.54, 1.807) is 0 Å². The Balaban J connectivity index is 1.37. The lowest BCUT2D eigenvalue weighted by atomic mass is 10.00. The van der Waals surface area contributed by atoms with Gasteiger partial charge in [0.25, 0.3) is 5.91 Å². The maximum atomic E-state index is 13.1. The van der Waals surface area contributed by atoms with Crippen molar-refractivity contribution in [2.75, 3.05) is 32.7 Å². The monoisotopic (exact) mass is 453 g/mol. The van der Waals surface area contributed by atoms with Crippen LogP contribution in [0.3, 0.4) is 0 Å². The fourth-order valence-electron chi connectivity index (χ4n) is 4.58. The largest absolute Gasteiger partial charge is 0.296 e. The van der Waals surface area contributed by atoms with Crippen molar-refractivity contribution in [3.05, 3.63) is 107 Å². The molecule has 2 heterocycles. The highest BCUT2D eigenvalue weighted by atomic mass is 16.2. The number of amides is 1. The van der Waals surface area contributed by atoms with Gasteiger partial charge in [-0.1, -0.05) is 68.9 Å². The Morgan fingerprint density at radius 2 is 2.03 bits per heavy atom. The molecule has 1 aliphatic carbocycles. The number of rotatable bonds is 9. The third-order valence-corrected chi connectivity index (χ3v) is 6.57. The topological polar surface area (TPSA) is 26.8 Å². The van der Waals surface area contributed by atoms with Gasteiger partial charge in [-0.3, -0.25) is 14.7 Å². The van der Waals surface area contributed by atoms with E-state index in [1.807, 2.05) is 41.4 Å². The summed E-state index contributed by atoms with van der Waals surface area (Å²) < 4.78 is 0. The number of piperazine rings is 1. The lowest BCUT2D eigenvalue weighted by Crippen LogP contribution is -2.53. The van der Waals surface area contributed by atoms with Crippen LogP contribution < -0.4 is 0 Å². The number of allylic oxidation sites excluding steroid dienone is 8. The minimum atomic E-state index is 0.115. The average Bonchev–Trinajstić information content (AvgIpc) is 3.00. The minimum absolute atomic E-state index is 0.115. The molecule has 1 fully saturated rings. The first kappa shape index (κ1) is 24.0. The number of carbonyl (C=O) groups excluding carboxylic acids is 1. The van der Waals surface area contributed by atoms with Gasteiger partial charge in [-0.25, -0.2) is 5.01 Å². The Bertz CT molecular complexity index is 1090. The zero-order valence-electron chi connectivity index (χ0n) is 20.2. The normalized spacial score (nSPS) is 19.1. The van der Waals surface area contributed by atoms with Gasteiger partial charge in [0, 0.05) is 38.3 Å². The van der Waals surface area contributed by atoms with E-state index in [0.717, 1.165) is 61.4 Å². The first-order valence-electron chi connectivity index (χ1n) is 12.4. The van der Waals surface area contributed by atoms with E-state index >= 15 is 0 Å². The van der Waals surface area contributed by atoms with E-state index in [1.165, 1.54) is 18.4 Å². The maximum absolute atomic E-state index is 13.1. The van der Waals surface area contributed by atoms with Crippen LogP contribution >= 0.6 is 0 Å². The van der Waals surface area contributed by atoms with Crippen molar-refractivity contribution in [3.63, 3.8) is 0 Å². The quantitative estimate of drug-likeness (QED) is 0.273. The number of fused-ring (bicyclic) bond motifs is 1. The molecule has 4 rings (SSSR count). The molecule has 0 spiro atoms. The lowest BCUT2D eigenvalue weighted by Gasteiger charge is -2.39. The molecule has 1 amide bonds. The molecule has 1 aromatic rings. The van der Waals surface area contributed by atoms with Crippen LogP contribution in [0, 0.1) is 0 Å². The van der Waals surface area contributed by atoms with E-state index in [-0.39, 0.29) is 5.91 Å². The van der Waals surface area contributed by atoms with Crippen LogP contribution in [0.1, 0.15) is 47.7 Å². The molecule has 0 aromatic heterocycles. The Hall–Kier alpha value is -3.17. The van der Waals surface area contributed by atoms with E-state index in [9.17, 15) is 4.79 Å². The van der Waals surface area contributed by atoms with Crippen molar-refractivity contribution in [1.82, 2.24) is 14.9 Å². The van der Waals surface area contributed by atoms with Crippen molar-refractivity contribution in [1.29, 1.82) is 0 Å². The molecule has 0 N–H and O–H groups in total. The summed E-state index contributed by atoms with van der Waals surface area (Å²) in [5.74, 6) is 0.115. The molecule has 4 heteroatoms. The number of hydrogen-bond acceptors (Lipinski definition) is 3. The number of nitrogens with zero attached hydrogens (tertiary/aromatic N) is 3. The predicted molar refractivity (Wildman–Crippen MR) is 141 cm³/mol. The van der Waals surface area contributed by atoms with Gasteiger partial charge in [0.1, 0.15) is 0 Å². The summed E-state index contributed by atoms with van der Waals surface area (Å²) in [7, 11) is 0. The Kier molecular flexibility index (Phi) is 8.32. The summed E-state index contributed by atoms with van der Waals surface area (Å²) in [5, 5.41) is 4.16. The van der Waals surface area contributed by atoms with Gasteiger partial charge in [0.2, 0.25) is 0 Å². The van der Waals surface area contributed by atoms with Crippen LogP contribution in [0.5, 0.6) is 0 Å². The van der Waals surface area contributed by atoms with Gasteiger partial charge in [-0.15, -0.1) is 5.73 Å². The van der Waals surface area contributed by atoms with E-state index in [0.29, 0.717) is 6.54 Å². The second-order valence-electron chi connectivity index (χ2n) is 8.96. The van der Waals surface area contributed by atoms with Gasteiger partial charge in [0.15, 0.2) is 0 Å². The molecule has 2 aliphatic heterocycles. The Morgan fingerprint density at radius 3 is 2.82 bits per heavy atom. The van der Waals surface area contributed by atoms with Crippen molar-refractivity contribution < 1.29 is 4.79 Å². The number of unbranched alkanes of at least 4 members (excludes halogenated alkanes) is 2. The van der Waals surface area contributed by atoms with Crippen molar-refractivity contribution in [2.24, 2.45) is 0 Å². The van der Waals surface area contributed by atoms with Crippen LogP contribution in [-0.2, 0) is 6.54 Å². The fourth-order valence-corrected chi connectivity index (χ4v) is 4.58. The Morgan fingerprint density at radius 1 is 1.18 bits per heavy atom. The second-order valence-corrected chi connectivity index (χ2v) is 8.96. The summed E-state index contributed by atoms with van der Waals surface area (Å²) in [6, 6.07) is 6.18. The summed E-state index contributed by atoms with van der Waals surface area (Å²) in [4.78, 5) is 15.6. The van der Waals surface area contributed by atoms with Crippen molar-refractivity contribution in [3.8, 4) is 0 Å². The highest BCUT2D eigenvalue weighted by molar-refractivity contribution is 5.98. The van der Waals surface area contributed by atoms with Gasteiger partial charge < -0.3 is 0 Å². The highest BCUT2D eigenvalue weighted by Gasteiger charge is 2.33. The zero-order chi connectivity index (χ0) is 23.8. The molecule has 176 valence electrons. The number of hydrazine groups is 1. The first-order chi connectivity index (χ1) is 16.7. The summed E-state index contributed by atoms with van der Waals surface area (Å²) in [6.45, 7) is 11.4. The van der Waals surface area contributed by atoms with Gasteiger partial charge in [-0.05, 0) is 59.1 Å². The summed E-state index contributed by atoms with van der Waals surface area (Å²) >= 11 is 0. The SMILES string of the molecule is C=C/C(=C\C=C/CCCC)c1ccc2c(c1)CN(N1CCN(CC3=CC=C=CC=C3)CC1)C2=O. The molecule has 1 saturated heterocycles. The highest BCUT2D eigenvalue weighted by Crippen LogP contribution is 2.28.